The summed E-state index contributed by atoms with van der Waals surface area (Å²) < 4.78 is 4.38. The summed E-state index contributed by atoms with van der Waals surface area (Å²) in [4.78, 5) is 3.51. The van der Waals surface area contributed by atoms with Crippen molar-refractivity contribution < 1.29 is 0 Å². The second-order valence-electron chi connectivity index (χ2n) is 4.62. The van der Waals surface area contributed by atoms with Crippen molar-refractivity contribution in [3.8, 4) is 0 Å². The first-order valence-corrected chi connectivity index (χ1v) is 7.28. The number of benzene rings is 1. The number of anilines is 1. The third-order valence-corrected chi connectivity index (χ3v) is 4.45. The standard InChI is InChI=1S/C13H15ClN2S/c14-10-6-7-12-13(8-10)17-15-9-16(12)11-4-2-1-3-5-11/h6-9,11H,1-5H2. The van der Waals surface area contributed by atoms with Crippen molar-refractivity contribution in [2.75, 3.05) is 4.90 Å². The number of hydrogen-bond donors (Lipinski definition) is 0. The van der Waals surface area contributed by atoms with Gasteiger partial charge in [0.05, 0.1) is 10.6 Å². The Morgan fingerprint density at radius 2 is 2.06 bits per heavy atom. The van der Waals surface area contributed by atoms with Crippen LogP contribution in [0.1, 0.15) is 32.1 Å². The van der Waals surface area contributed by atoms with Crippen molar-refractivity contribution in [1.29, 1.82) is 0 Å². The second kappa shape index (κ2) is 4.91. The zero-order chi connectivity index (χ0) is 11.7. The van der Waals surface area contributed by atoms with Crippen LogP contribution in [0.25, 0.3) is 0 Å². The first-order chi connectivity index (χ1) is 8.34. The third-order valence-electron chi connectivity index (χ3n) is 3.49. The predicted octanol–water partition coefficient (Wildman–Crippen LogP) is 4.53. The average Bonchev–Trinajstić information content (AvgIpc) is 2.39. The maximum absolute atomic E-state index is 6.03. The van der Waals surface area contributed by atoms with Crippen LogP contribution in [0.3, 0.4) is 0 Å². The van der Waals surface area contributed by atoms with Crippen molar-refractivity contribution in [3.63, 3.8) is 0 Å². The van der Waals surface area contributed by atoms with E-state index in [9.17, 15) is 0 Å². The maximum Gasteiger partial charge on any atom is 0.104 e. The van der Waals surface area contributed by atoms with Crippen LogP contribution in [0.5, 0.6) is 0 Å². The molecule has 2 aliphatic rings. The quantitative estimate of drug-likeness (QED) is 0.694. The fourth-order valence-corrected chi connectivity index (χ4v) is 3.56. The summed E-state index contributed by atoms with van der Waals surface area (Å²) in [6, 6.07) is 6.71. The summed E-state index contributed by atoms with van der Waals surface area (Å²) >= 11 is 7.54. The molecule has 1 saturated carbocycles. The summed E-state index contributed by atoms with van der Waals surface area (Å²) in [5, 5.41) is 0.789. The highest BCUT2D eigenvalue weighted by molar-refractivity contribution is 7.98. The smallest absolute Gasteiger partial charge is 0.104 e. The van der Waals surface area contributed by atoms with Gasteiger partial charge in [-0.2, -0.15) is 0 Å². The molecule has 90 valence electrons. The first-order valence-electron chi connectivity index (χ1n) is 6.13. The lowest BCUT2D eigenvalue weighted by Gasteiger charge is -2.35. The number of fused-ring (bicyclic) bond motifs is 1. The molecule has 1 fully saturated rings. The lowest BCUT2D eigenvalue weighted by Crippen LogP contribution is -2.36. The molecular formula is C13H15ClN2S. The van der Waals surface area contributed by atoms with Crippen LogP contribution in [0.4, 0.5) is 5.69 Å². The molecule has 17 heavy (non-hydrogen) atoms. The second-order valence-corrected chi connectivity index (χ2v) is 5.89. The van der Waals surface area contributed by atoms with Gasteiger partial charge in [-0.15, -0.1) is 0 Å². The molecule has 1 heterocycles. The van der Waals surface area contributed by atoms with Crippen LogP contribution < -0.4 is 4.90 Å². The molecule has 1 aromatic rings. The monoisotopic (exact) mass is 266 g/mol. The van der Waals surface area contributed by atoms with Gasteiger partial charge in [-0.3, -0.25) is 0 Å². The Morgan fingerprint density at radius 1 is 1.24 bits per heavy atom. The van der Waals surface area contributed by atoms with Gasteiger partial charge in [-0.1, -0.05) is 30.9 Å². The molecule has 2 nitrogen and oxygen atoms in total. The van der Waals surface area contributed by atoms with E-state index in [1.165, 1.54) is 54.6 Å². The van der Waals surface area contributed by atoms with Crippen molar-refractivity contribution in [1.82, 2.24) is 0 Å². The Kier molecular flexibility index (Phi) is 3.30. The zero-order valence-electron chi connectivity index (χ0n) is 9.60. The molecule has 0 aromatic heterocycles. The number of nitrogens with zero attached hydrogens (tertiary/aromatic N) is 2. The molecular weight excluding hydrogens is 252 g/mol. The minimum atomic E-state index is 0.619. The predicted molar refractivity (Wildman–Crippen MR) is 75.2 cm³/mol. The summed E-state index contributed by atoms with van der Waals surface area (Å²) in [7, 11) is 0. The molecule has 0 N–H and O–H groups in total. The van der Waals surface area contributed by atoms with E-state index in [4.69, 9.17) is 11.6 Å². The Balaban J connectivity index is 1.90. The normalized spacial score (nSPS) is 20.4. The Hall–Kier alpha value is -0.670. The van der Waals surface area contributed by atoms with Crippen molar-refractivity contribution >= 4 is 35.6 Å². The van der Waals surface area contributed by atoms with Gasteiger partial charge in [0.2, 0.25) is 0 Å². The average molecular weight is 267 g/mol. The minimum absolute atomic E-state index is 0.619. The SMILES string of the molecule is Clc1ccc2c(c1)SN=CN2C1CCCCC1. The van der Waals surface area contributed by atoms with E-state index < -0.39 is 0 Å². The maximum atomic E-state index is 6.03. The molecule has 1 aliphatic carbocycles. The largest absolute Gasteiger partial charge is 0.328 e. The van der Waals surface area contributed by atoms with Crippen LogP contribution in [0, 0.1) is 0 Å². The fraction of sp³-hybridized carbons (Fsp3) is 0.462. The highest BCUT2D eigenvalue weighted by atomic mass is 35.5. The van der Waals surface area contributed by atoms with Gasteiger partial charge in [-0.05, 0) is 31.0 Å². The highest BCUT2D eigenvalue weighted by Crippen LogP contribution is 2.38. The minimum Gasteiger partial charge on any atom is -0.328 e. The van der Waals surface area contributed by atoms with E-state index in [1.807, 2.05) is 18.5 Å². The van der Waals surface area contributed by atoms with E-state index in [0.29, 0.717) is 6.04 Å². The summed E-state index contributed by atoms with van der Waals surface area (Å²) in [5.74, 6) is 0. The molecule has 0 radical (unpaired) electrons. The van der Waals surface area contributed by atoms with Crippen LogP contribution in [-0.4, -0.2) is 12.4 Å². The van der Waals surface area contributed by atoms with Gasteiger partial charge in [0.25, 0.3) is 0 Å². The third kappa shape index (κ3) is 2.31. The molecule has 0 saturated heterocycles. The lowest BCUT2D eigenvalue weighted by atomic mass is 9.94. The van der Waals surface area contributed by atoms with Crippen LogP contribution >= 0.6 is 23.5 Å². The van der Waals surface area contributed by atoms with Crippen molar-refractivity contribution in [2.24, 2.45) is 4.40 Å². The summed E-state index contributed by atoms with van der Waals surface area (Å²) in [5.41, 5.74) is 1.27. The fourth-order valence-electron chi connectivity index (χ4n) is 2.62. The molecule has 0 bridgehead atoms. The zero-order valence-corrected chi connectivity index (χ0v) is 11.2. The van der Waals surface area contributed by atoms with E-state index in [0.717, 1.165) is 5.02 Å². The molecule has 1 aromatic carbocycles. The number of rotatable bonds is 1. The van der Waals surface area contributed by atoms with Crippen molar-refractivity contribution in [3.05, 3.63) is 23.2 Å². The van der Waals surface area contributed by atoms with Gasteiger partial charge in [0, 0.05) is 23.0 Å². The van der Waals surface area contributed by atoms with Gasteiger partial charge < -0.3 is 4.90 Å². The molecule has 0 unspecified atom stereocenters. The van der Waals surface area contributed by atoms with Gasteiger partial charge >= 0.3 is 0 Å². The molecule has 0 spiro atoms. The van der Waals surface area contributed by atoms with Crippen LogP contribution in [-0.2, 0) is 0 Å². The van der Waals surface area contributed by atoms with Crippen molar-refractivity contribution in [2.45, 2.75) is 43.0 Å². The highest BCUT2D eigenvalue weighted by Gasteiger charge is 2.24. The van der Waals surface area contributed by atoms with E-state index >= 15 is 0 Å². The molecule has 3 rings (SSSR count). The van der Waals surface area contributed by atoms with E-state index in [1.54, 1.807) is 0 Å². The van der Waals surface area contributed by atoms with Gasteiger partial charge in [0.1, 0.15) is 6.34 Å². The molecule has 4 heteroatoms. The Morgan fingerprint density at radius 3 is 2.88 bits per heavy atom. The molecule has 0 atom stereocenters. The van der Waals surface area contributed by atoms with Gasteiger partial charge in [0.15, 0.2) is 0 Å². The van der Waals surface area contributed by atoms with E-state index in [2.05, 4.69) is 15.4 Å². The first kappa shape index (κ1) is 11.4. The lowest BCUT2D eigenvalue weighted by molar-refractivity contribution is 0.441. The van der Waals surface area contributed by atoms with Crippen LogP contribution in [0.2, 0.25) is 5.02 Å². The molecule has 0 amide bonds. The molecule has 1 aliphatic heterocycles. The number of hydrogen-bond acceptors (Lipinski definition) is 3. The Bertz CT molecular complexity index is 441. The van der Waals surface area contributed by atoms with Gasteiger partial charge in [-0.25, -0.2) is 4.40 Å². The summed E-state index contributed by atoms with van der Waals surface area (Å²) in [6.45, 7) is 0. The van der Waals surface area contributed by atoms with E-state index in [-0.39, 0.29) is 0 Å². The number of halogens is 1. The topological polar surface area (TPSA) is 15.6 Å². The Labute approximate surface area is 111 Å². The summed E-state index contributed by atoms with van der Waals surface area (Å²) in [6.07, 6.45) is 8.59. The van der Waals surface area contributed by atoms with Crippen LogP contribution in [0.15, 0.2) is 27.5 Å².